The first kappa shape index (κ1) is 19.3. The lowest BCUT2D eigenvalue weighted by Gasteiger charge is -2.54. The zero-order valence-corrected chi connectivity index (χ0v) is 18.0. The smallest absolute Gasteiger partial charge is 0.252 e. The van der Waals surface area contributed by atoms with Gasteiger partial charge in [0.2, 0.25) is 0 Å². The van der Waals surface area contributed by atoms with Gasteiger partial charge in [-0.05, 0) is 74.6 Å². The van der Waals surface area contributed by atoms with E-state index in [4.69, 9.17) is 4.98 Å². The van der Waals surface area contributed by atoms with E-state index in [-0.39, 0.29) is 11.7 Å². The van der Waals surface area contributed by atoms with Gasteiger partial charge >= 0.3 is 0 Å². The van der Waals surface area contributed by atoms with Crippen molar-refractivity contribution in [2.75, 3.05) is 4.90 Å². The van der Waals surface area contributed by atoms with Crippen LogP contribution in [-0.2, 0) is 5.54 Å². The molecule has 3 unspecified atom stereocenters. The van der Waals surface area contributed by atoms with Gasteiger partial charge in [0.15, 0.2) is 0 Å². The van der Waals surface area contributed by atoms with Gasteiger partial charge in [-0.1, -0.05) is 6.92 Å². The van der Waals surface area contributed by atoms with Crippen molar-refractivity contribution >= 4 is 17.4 Å². The first-order valence-corrected chi connectivity index (χ1v) is 11.1. The molecule has 2 aromatic heterocycles. The number of rotatable bonds is 4. The van der Waals surface area contributed by atoms with E-state index >= 15 is 0 Å². The number of nitrogens with one attached hydrogen (secondary N) is 1. The van der Waals surface area contributed by atoms with Crippen molar-refractivity contribution in [3.63, 3.8) is 0 Å². The molecule has 162 valence electrons. The van der Waals surface area contributed by atoms with Gasteiger partial charge in [-0.15, -0.1) is 0 Å². The summed E-state index contributed by atoms with van der Waals surface area (Å²) in [5, 5.41) is 3.16. The minimum atomic E-state index is -0.444. The SMILES string of the molecule is Cc1nccc(N2c3ccc(C4(NC(=O)c5ccc(F)cc5)CC4)nc3C3CC2C3C)n1. The Balaban J connectivity index is 1.33. The maximum atomic E-state index is 13.2. The van der Waals surface area contributed by atoms with Crippen LogP contribution in [0.25, 0.3) is 0 Å². The Morgan fingerprint density at radius 2 is 1.91 bits per heavy atom. The quantitative estimate of drug-likeness (QED) is 0.666. The number of nitrogens with zero attached hydrogens (tertiary/aromatic N) is 4. The van der Waals surface area contributed by atoms with Crippen LogP contribution < -0.4 is 10.2 Å². The molecule has 6 nitrogen and oxygen atoms in total. The van der Waals surface area contributed by atoms with Gasteiger partial charge in [0.05, 0.1) is 22.6 Å². The molecule has 4 aliphatic rings. The molecule has 7 rings (SSSR count). The Kier molecular flexibility index (Phi) is 4.12. The standard InChI is InChI=1S/C25H24FN5O/c1-14-18-13-20(14)31(22-9-12-27-15(2)28-22)19-7-8-21(29-23(18)19)25(10-11-25)30-24(32)16-3-5-17(26)6-4-16/h3-9,12,14,18,20H,10-11,13H2,1-2H3,(H,30,32). The molecular formula is C25H24FN5O. The predicted octanol–water partition coefficient (Wildman–Crippen LogP) is 4.38. The second-order valence-corrected chi connectivity index (χ2v) is 9.24. The van der Waals surface area contributed by atoms with Crippen molar-refractivity contribution < 1.29 is 9.18 Å². The summed E-state index contributed by atoms with van der Waals surface area (Å²) in [7, 11) is 0. The van der Waals surface area contributed by atoms with Gasteiger partial charge in [0, 0.05) is 23.7 Å². The third kappa shape index (κ3) is 2.91. The van der Waals surface area contributed by atoms with E-state index in [1.54, 1.807) is 6.20 Å². The molecule has 1 amide bonds. The van der Waals surface area contributed by atoms with E-state index in [9.17, 15) is 9.18 Å². The van der Waals surface area contributed by atoms with Crippen molar-refractivity contribution in [1.29, 1.82) is 0 Å². The normalized spacial score (nSPS) is 24.3. The number of hydrogen-bond donors (Lipinski definition) is 1. The fraction of sp³-hybridized carbons (Fsp3) is 0.360. The molecule has 7 heteroatoms. The summed E-state index contributed by atoms with van der Waals surface area (Å²) >= 11 is 0. The van der Waals surface area contributed by atoms with Crippen LogP contribution in [0, 0.1) is 18.7 Å². The monoisotopic (exact) mass is 429 g/mol. The third-order valence-corrected chi connectivity index (χ3v) is 7.29. The summed E-state index contributed by atoms with van der Waals surface area (Å²) < 4.78 is 13.2. The molecule has 0 spiro atoms. The molecule has 2 aliphatic carbocycles. The van der Waals surface area contributed by atoms with Crippen molar-refractivity contribution in [1.82, 2.24) is 20.3 Å². The number of carbonyl (C=O) groups excluding carboxylic acids is 1. The number of aromatic nitrogens is 3. The van der Waals surface area contributed by atoms with Crippen LogP contribution >= 0.6 is 0 Å². The molecule has 3 aromatic rings. The highest BCUT2D eigenvalue weighted by atomic mass is 19.1. The summed E-state index contributed by atoms with van der Waals surface area (Å²) in [6, 6.07) is 12.2. The van der Waals surface area contributed by atoms with Crippen LogP contribution in [0.4, 0.5) is 15.9 Å². The van der Waals surface area contributed by atoms with E-state index in [0.29, 0.717) is 23.4 Å². The van der Waals surface area contributed by atoms with Crippen LogP contribution in [0.5, 0.6) is 0 Å². The van der Waals surface area contributed by atoms with E-state index in [0.717, 1.165) is 48.0 Å². The lowest BCUT2D eigenvalue weighted by atomic mass is 9.64. The third-order valence-electron chi connectivity index (χ3n) is 7.29. The molecule has 2 bridgehead atoms. The molecule has 2 fully saturated rings. The van der Waals surface area contributed by atoms with E-state index in [2.05, 4.69) is 33.2 Å². The Bertz CT molecular complexity index is 1220. The maximum absolute atomic E-state index is 13.2. The summed E-state index contributed by atoms with van der Waals surface area (Å²) in [6.45, 7) is 4.18. The number of aryl methyl sites for hydroxylation is 1. The molecule has 2 saturated carbocycles. The fourth-order valence-corrected chi connectivity index (χ4v) is 5.18. The van der Waals surface area contributed by atoms with Crippen LogP contribution in [-0.4, -0.2) is 26.9 Å². The second-order valence-electron chi connectivity index (χ2n) is 9.24. The Hall–Kier alpha value is -3.35. The summed E-state index contributed by atoms with van der Waals surface area (Å²) in [5.41, 5.74) is 3.11. The predicted molar refractivity (Wildman–Crippen MR) is 118 cm³/mol. The van der Waals surface area contributed by atoms with Gasteiger partial charge in [-0.3, -0.25) is 9.78 Å². The van der Waals surface area contributed by atoms with Gasteiger partial charge in [-0.25, -0.2) is 14.4 Å². The number of carbonyl (C=O) groups is 1. The lowest BCUT2D eigenvalue weighted by Crippen LogP contribution is -2.54. The largest absolute Gasteiger partial charge is 0.341 e. The number of anilines is 2. The Morgan fingerprint density at radius 1 is 1.12 bits per heavy atom. The summed E-state index contributed by atoms with van der Waals surface area (Å²) in [4.78, 5) is 29.1. The van der Waals surface area contributed by atoms with Crippen molar-refractivity contribution in [2.45, 2.75) is 50.6 Å². The van der Waals surface area contributed by atoms with Gasteiger partial charge < -0.3 is 10.2 Å². The molecule has 1 N–H and O–H groups in total. The molecular weight excluding hydrogens is 405 g/mol. The Morgan fingerprint density at radius 3 is 2.59 bits per heavy atom. The highest BCUT2D eigenvalue weighted by molar-refractivity contribution is 5.95. The van der Waals surface area contributed by atoms with Crippen molar-refractivity contribution in [3.8, 4) is 0 Å². The van der Waals surface area contributed by atoms with Gasteiger partial charge in [0.25, 0.3) is 5.91 Å². The molecule has 3 atom stereocenters. The van der Waals surface area contributed by atoms with E-state index in [1.165, 1.54) is 24.3 Å². The second kappa shape index (κ2) is 6.82. The van der Waals surface area contributed by atoms with Crippen LogP contribution in [0.1, 0.15) is 59.7 Å². The molecule has 32 heavy (non-hydrogen) atoms. The average molecular weight is 429 g/mol. The number of halogens is 1. The topological polar surface area (TPSA) is 71.0 Å². The zero-order valence-electron chi connectivity index (χ0n) is 18.0. The van der Waals surface area contributed by atoms with E-state index < -0.39 is 5.54 Å². The minimum Gasteiger partial charge on any atom is -0.341 e. The first-order chi connectivity index (χ1) is 15.4. The molecule has 4 heterocycles. The molecule has 0 saturated heterocycles. The van der Waals surface area contributed by atoms with E-state index in [1.807, 2.05) is 19.1 Å². The summed E-state index contributed by atoms with van der Waals surface area (Å²) in [5.74, 6) is 2.03. The average Bonchev–Trinajstić information content (AvgIpc) is 3.58. The van der Waals surface area contributed by atoms with Crippen molar-refractivity contribution in [2.24, 2.45) is 5.92 Å². The number of pyridine rings is 1. The van der Waals surface area contributed by atoms with Crippen molar-refractivity contribution in [3.05, 3.63) is 77.3 Å². The fourth-order valence-electron chi connectivity index (χ4n) is 5.18. The van der Waals surface area contributed by atoms with Gasteiger partial charge in [0.1, 0.15) is 17.5 Å². The molecule has 0 radical (unpaired) electrons. The minimum absolute atomic E-state index is 0.197. The number of benzene rings is 1. The van der Waals surface area contributed by atoms with Crippen LogP contribution in [0.15, 0.2) is 48.7 Å². The number of amides is 1. The highest BCUT2D eigenvalue weighted by Gasteiger charge is 2.52. The van der Waals surface area contributed by atoms with Crippen LogP contribution in [0.3, 0.4) is 0 Å². The summed E-state index contributed by atoms with van der Waals surface area (Å²) in [6.07, 6.45) is 4.56. The lowest BCUT2D eigenvalue weighted by molar-refractivity contribution is 0.0929. The Labute approximate surface area is 185 Å². The first-order valence-electron chi connectivity index (χ1n) is 11.1. The highest BCUT2D eigenvalue weighted by Crippen LogP contribution is 2.56. The van der Waals surface area contributed by atoms with Crippen LogP contribution in [0.2, 0.25) is 0 Å². The van der Waals surface area contributed by atoms with Gasteiger partial charge in [-0.2, -0.15) is 0 Å². The zero-order chi connectivity index (χ0) is 22.0. The number of hydrogen-bond acceptors (Lipinski definition) is 5. The maximum Gasteiger partial charge on any atom is 0.252 e. The molecule has 1 aromatic carbocycles. The molecule has 2 aliphatic heterocycles.